The lowest BCUT2D eigenvalue weighted by Crippen LogP contribution is -2.45. The standard InChI is InChI=1S/C20H24N4O3S/c1-13-22-23-18(27-13)10-24(20(3,4)5)19(25)15-7-6-8-17(9-15)26-11-16-12-28-14(2)21-16/h6-9,12H,10-11H2,1-5H3. The molecule has 3 rings (SSSR count). The highest BCUT2D eigenvalue weighted by atomic mass is 32.1. The molecule has 1 amide bonds. The average molecular weight is 401 g/mol. The number of hydrogen-bond acceptors (Lipinski definition) is 7. The quantitative estimate of drug-likeness (QED) is 0.618. The summed E-state index contributed by atoms with van der Waals surface area (Å²) in [6.07, 6.45) is 0. The number of nitrogens with zero attached hydrogens (tertiary/aromatic N) is 4. The first-order chi connectivity index (χ1) is 13.2. The molecule has 2 aromatic heterocycles. The van der Waals surface area contributed by atoms with Crippen LogP contribution in [0.2, 0.25) is 0 Å². The molecule has 0 aliphatic rings. The Morgan fingerprint density at radius 1 is 1.25 bits per heavy atom. The largest absolute Gasteiger partial charge is 0.487 e. The maximum atomic E-state index is 13.2. The Morgan fingerprint density at radius 3 is 2.64 bits per heavy atom. The molecular formula is C20H24N4O3S. The van der Waals surface area contributed by atoms with E-state index >= 15 is 0 Å². The minimum absolute atomic E-state index is 0.127. The van der Waals surface area contributed by atoms with Gasteiger partial charge in [-0.3, -0.25) is 4.79 Å². The van der Waals surface area contributed by atoms with Gasteiger partial charge in [-0.05, 0) is 45.9 Å². The van der Waals surface area contributed by atoms with E-state index < -0.39 is 5.54 Å². The van der Waals surface area contributed by atoms with Gasteiger partial charge in [0.1, 0.15) is 12.4 Å². The molecule has 1 aromatic carbocycles. The molecule has 8 heteroatoms. The molecule has 28 heavy (non-hydrogen) atoms. The zero-order valence-corrected chi connectivity index (χ0v) is 17.5. The summed E-state index contributed by atoms with van der Waals surface area (Å²) in [6, 6.07) is 7.17. The van der Waals surface area contributed by atoms with Gasteiger partial charge in [0.05, 0.1) is 17.2 Å². The van der Waals surface area contributed by atoms with E-state index in [1.54, 1.807) is 35.3 Å². The zero-order chi connectivity index (χ0) is 20.3. The first-order valence-corrected chi connectivity index (χ1v) is 9.85. The van der Waals surface area contributed by atoms with Gasteiger partial charge in [0, 0.05) is 23.4 Å². The van der Waals surface area contributed by atoms with Crippen LogP contribution in [0.15, 0.2) is 34.1 Å². The third kappa shape index (κ3) is 4.95. The van der Waals surface area contributed by atoms with Crippen LogP contribution >= 0.6 is 11.3 Å². The second-order valence-electron chi connectivity index (χ2n) is 7.45. The molecule has 0 spiro atoms. The molecule has 0 atom stereocenters. The van der Waals surface area contributed by atoms with E-state index in [-0.39, 0.29) is 12.5 Å². The van der Waals surface area contributed by atoms with Gasteiger partial charge in [0.2, 0.25) is 11.8 Å². The highest BCUT2D eigenvalue weighted by molar-refractivity contribution is 7.09. The number of benzene rings is 1. The van der Waals surface area contributed by atoms with Crippen LogP contribution in [-0.2, 0) is 13.2 Å². The number of rotatable bonds is 6. The number of amides is 1. The van der Waals surface area contributed by atoms with E-state index in [1.807, 2.05) is 45.2 Å². The molecule has 7 nitrogen and oxygen atoms in total. The number of aryl methyl sites for hydroxylation is 2. The van der Waals surface area contributed by atoms with E-state index in [9.17, 15) is 4.79 Å². The maximum Gasteiger partial charge on any atom is 0.254 e. The Balaban J connectivity index is 1.76. The SMILES string of the molecule is Cc1nnc(CN(C(=O)c2cccc(OCc3csc(C)n3)c2)C(C)(C)C)o1. The molecule has 148 valence electrons. The fourth-order valence-electron chi connectivity index (χ4n) is 2.66. The lowest BCUT2D eigenvalue weighted by molar-refractivity contribution is 0.0531. The van der Waals surface area contributed by atoms with Crippen LogP contribution in [0.5, 0.6) is 5.75 Å². The molecule has 3 aromatic rings. The minimum atomic E-state index is -0.422. The lowest BCUT2D eigenvalue weighted by Gasteiger charge is -2.34. The van der Waals surface area contributed by atoms with E-state index in [0.717, 1.165) is 10.7 Å². The number of carbonyl (C=O) groups excluding carboxylic acids is 1. The van der Waals surface area contributed by atoms with Crippen molar-refractivity contribution in [1.29, 1.82) is 0 Å². The van der Waals surface area contributed by atoms with E-state index in [2.05, 4.69) is 15.2 Å². The van der Waals surface area contributed by atoms with Crippen molar-refractivity contribution in [3.63, 3.8) is 0 Å². The van der Waals surface area contributed by atoms with Crippen LogP contribution < -0.4 is 4.74 Å². The van der Waals surface area contributed by atoms with Crippen molar-refractivity contribution in [2.24, 2.45) is 0 Å². The van der Waals surface area contributed by atoms with Crippen molar-refractivity contribution in [3.05, 3.63) is 57.7 Å². The smallest absolute Gasteiger partial charge is 0.254 e. The Labute approximate surface area is 168 Å². The van der Waals surface area contributed by atoms with Gasteiger partial charge in [-0.25, -0.2) is 4.98 Å². The molecule has 2 heterocycles. The Kier molecular flexibility index (Phi) is 5.79. The Bertz CT molecular complexity index is 958. The number of thiazole rings is 1. The molecular weight excluding hydrogens is 376 g/mol. The zero-order valence-electron chi connectivity index (χ0n) is 16.7. The van der Waals surface area contributed by atoms with Crippen molar-refractivity contribution >= 4 is 17.2 Å². The molecule has 0 fully saturated rings. The van der Waals surface area contributed by atoms with E-state index in [1.165, 1.54) is 0 Å². The van der Waals surface area contributed by atoms with Crippen molar-refractivity contribution < 1.29 is 13.9 Å². The van der Waals surface area contributed by atoms with Gasteiger partial charge in [-0.1, -0.05) is 6.07 Å². The highest BCUT2D eigenvalue weighted by Crippen LogP contribution is 2.23. The van der Waals surface area contributed by atoms with Crippen LogP contribution in [0.25, 0.3) is 0 Å². The van der Waals surface area contributed by atoms with Crippen molar-refractivity contribution in [3.8, 4) is 5.75 Å². The monoisotopic (exact) mass is 400 g/mol. The number of aromatic nitrogens is 3. The maximum absolute atomic E-state index is 13.2. The third-order valence-corrected chi connectivity index (χ3v) is 4.87. The fourth-order valence-corrected chi connectivity index (χ4v) is 3.25. The van der Waals surface area contributed by atoms with Crippen molar-refractivity contribution in [1.82, 2.24) is 20.1 Å². The second kappa shape index (κ2) is 8.10. The third-order valence-electron chi connectivity index (χ3n) is 4.05. The summed E-state index contributed by atoms with van der Waals surface area (Å²) in [4.78, 5) is 19.3. The highest BCUT2D eigenvalue weighted by Gasteiger charge is 2.29. The van der Waals surface area contributed by atoms with Gasteiger partial charge in [-0.2, -0.15) is 0 Å². The summed E-state index contributed by atoms with van der Waals surface area (Å²) in [5, 5.41) is 10.8. The minimum Gasteiger partial charge on any atom is -0.487 e. The van der Waals surface area contributed by atoms with Gasteiger partial charge in [0.15, 0.2) is 0 Å². The van der Waals surface area contributed by atoms with Crippen LogP contribution in [0.3, 0.4) is 0 Å². The van der Waals surface area contributed by atoms with Crippen LogP contribution in [0, 0.1) is 13.8 Å². The second-order valence-corrected chi connectivity index (χ2v) is 8.51. The summed E-state index contributed by atoms with van der Waals surface area (Å²) in [5.41, 5.74) is 0.995. The molecule has 0 N–H and O–H groups in total. The summed E-state index contributed by atoms with van der Waals surface area (Å²) in [5.74, 6) is 1.38. The van der Waals surface area contributed by atoms with Gasteiger partial charge < -0.3 is 14.1 Å². The predicted molar refractivity (Wildman–Crippen MR) is 106 cm³/mol. The van der Waals surface area contributed by atoms with Gasteiger partial charge >= 0.3 is 0 Å². The molecule has 0 radical (unpaired) electrons. The summed E-state index contributed by atoms with van der Waals surface area (Å²) in [6.45, 7) is 10.2. The molecule has 0 aliphatic carbocycles. The first kappa shape index (κ1) is 20.0. The molecule has 0 bridgehead atoms. The normalized spacial score (nSPS) is 11.5. The molecule has 0 aliphatic heterocycles. The van der Waals surface area contributed by atoms with E-state index in [4.69, 9.17) is 9.15 Å². The molecule has 0 unspecified atom stereocenters. The van der Waals surface area contributed by atoms with Crippen molar-refractivity contribution in [2.45, 2.75) is 53.3 Å². The number of hydrogen-bond donors (Lipinski definition) is 0. The average Bonchev–Trinajstić information content (AvgIpc) is 3.24. The van der Waals surface area contributed by atoms with Crippen LogP contribution in [-0.4, -0.2) is 31.5 Å². The molecule has 0 saturated heterocycles. The summed E-state index contributed by atoms with van der Waals surface area (Å²) < 4.78 is 11.3. The topological polar surface area (TPSA) is 81.4 Å². The van der Waals surface area contributed by atoms with Crippen molar-refractivity contribution in [2.75, 3.05) is 0 Å². The summed E-state index contributed by atoms with van der Waals surface area (Å²) >= 11 is 1.59. The molecule has 0 saturated carbocycles. The first-order valence-electron chi connectivity index (χ1n) is 8.97. The van der Waals surface area contributed by atoms with E-state index in [0.29, 0.717) is 29.7 Å². The van der Waals surface area contributed by atoms with Crippen LogP contribution in [0.1, 0.15) is 53.6 Å². The lowest BCUT2D eigenvalue weighted by atomic mass is 10.0. The van der Waals surface area contributed by atoms with Crippen LogP contribution in [0.4, 0.5) is 0 Å². The fraction of sp³-hybridized carbons (Fsp3) is 0.400. The predicted octanol–water partition coefficient (Wildman–Crippen LogP) is 4.16. The van der Waals surface area contributed by atoms with Gasteiger partial charge in [0.25, 0.3) is 5.91 Å². The summed E-state index contributed by atoms with van der Waals surface area (Å²) in [7, 11) is 0. The number of carbonyl (C=O) groups is 1. The van der Waals surface area contributed by atoms with Gasteiger partial charge in [-0.15, -0.1) is 21.5 Å². The number of ether oxygens (including phenoxy) is 1. The Hall–Kier alpha value is -2.74. The Morgan fingerprint density at radius 2 is 2.04 bits per heavy atom.